The molecule has 0 bridgehead atoms. The summed E-state index contributed by atoms with van der Waals surface area (Å²) in [4.78, 5) is 4.24. The Bertz CT molecular complexity index is 480. The first-order chi connectivity index (χ1) is 8.33. The fraction of sp³-hybridized carbons (Fsp3) is 0.308. The second-order valence-corrected chi connectivity index (χ2v) is 3.70. The average Bonchev–Trinajstić information content (AvgIpc) is 2.85. The van der Waals surface area contributed by atoms with Crippen molar-refractivity contribution in [2.75, 3.05) is 20.7 Å². The quantitative estimate of drug-likeness (QED) is 0.857. The van der Waals surface area contributed by atoms with Crippen LogP contribution in [0.15, 0.2) is 34.9 Å². The lowest BCUT2D eigenvalue weighted by molar-refractivity contribution is 0.414. The van der Waals surface area contributed by atoms with Crippen molar-refractivity contribution in [3.05, 3.63) is 36.4 Å². The van der Waals surface area contributed by atoms with E-state index < -0.39 is 0 Å². The lowest BCUT2D eigenvalue weighted by Crippen LogP contribution is -2.10. The van der Waals surface area contributed by atoms with Gasteiger partial charge in [0.15, 0.2) is 11.7 Å². The summed E-state index contributed by atoms with van der Waals surface area (Å²) in [5.41, 5.74) is 0.979. The molecule has 1 aromatic carbocycles. The lowest BCUT2D eigenvalue weighted by atomic mass is 10.2. The number of rotatable bonds is 5. The van der Waals surface area contributed by atoms with E-state index in [2.05, 4.69) is 10.3 Å². The van der Waals surface area contributed by atoms with Crippen LogP contribution in [0.5, 0.6) is 5.75 Å². The molecule has 0 aliphatic carbocycles. The zero-order valence-corrected chi connectivity index (χ0v) is 10.1. The normalized spacial score (nSPS) is 10.5. The van der Waals surface area contributed by atoms with E-state index in [1.807, 2.05) is 31.3 Å². The maximum atomic E-state index is 5.66. The van der Waals surface area contributed by atoms with Crippen LogP contribution in [0.4, 0.5) is 0 Å². The van der Waals surface area contributed by atoms with Crippen LogP contribution in [-0.2, 0) is 6.42 Å². The summed E-state index contributed by atoms with van der Waals surface area (Å²) in [6, 6.07) is 7.75. The Balaban J connectivity index is 2.18. The molecule has 2 rings (SSSR count). The molecule has 0 fully saturated rings. The van der Waals surface area contributed by atoms with Crippen LogP contribution in [0, 0.1) is 0 Å². The smallest absolute Gasteiger partial charge is 0.196 e. The molecule has 1 heterocycles. The highest BCUT2D eigenvalue weighted by Gasteiger charge is 2.06. The van der Waals surface area contributed by atoms with Crippen LogP contribution in [-0.4, -0.2) is 25.7 Å². The average molecular weight is 232 g/mol. The third-order valence-electron chi connectivity index (χ3n) is 2.50. The van der Waals surface area contributed by atoms with Crippen LogP contribution in [0.1, 0.15) is 5.89 Å². The Morgan fingerprint density at radius 1 is 1.41 bits per heavy atom. The van der Waals surface area contributed by atoms with Gasteiger partial charge in [-0.1, -0.05) is 12.1 Å². The van der Waals surface area contributed by atoms with Crippen molar-refractivity contribution >= 4 is 0 Å². The summed E-state index contributed by atoms with van der Waals surface area (Å²) in [7, 11) is 3.56. The Morgan fingerprint density at radius 2 is 2.29 bits per heavy atom. The summed E-state index contributed by atoms with van der Waals surface area (Å²) in [5, 5.41) is 3.06. The van der Waals surface area contributed by atoms with Crippen molar-refractivity contribution in [1.82, 2.24) is 10.3 Å². The van der Waals surface area contributed by atoms with Gasteiger partial charge in [-0.15, -0.1) is 0 Å². The minimum Gasteiger partial charge on any atom is -0.497 e. The molecule has 0 spiro atoms. The predicted octanol–water partition coefficient (Wildman–Crippen LogP) is 2.11. The Hall–Kier alpha value is -1.81. The summed E-state index contributed by atoms with van der Waals surface area (Å²) in [5.74, 6) is 2.34. The summed E-state index contributed by atoms with van der Waals surface area (Å²) in [6.45, 7) is 0.859. The van der Waals surface area contributed by atoms with Crippen molar-refractivity contribution in [3.8, 4) is 17.1 Å². The van der Waals surface area contributed by atoms with E-state index in [9.17, 15) is 0 Å². The minimum atomic E-state index is 0.747. The van der Waals surface area contributed by atoms with Gasteiger partial charge >= 0.3 is 0 Å². The van der Waals surface area contributed by atoms with E-state index >= 15 is 0 Å². The highest BCUT2D eigenvalue weighted by molar-refractivity contribution is 5.58. The van der Waals surface area contributed by atoms with Gasteiger partial charge in [0.05, 0.1) is 13.3 Å². The molecule has 1 N–H and O–H groups in total. The highest BCUT2D eigenvalue weighted by atomic mass is 16.5. The summed E-state index contributed by atoms with van der Waals surface area (Å²) < 4.78 is 10.8. The van der Waals surface area contributed by atoms with Crippen LogP contribution < -0.4 is 10.1 Å². The number of hydrogen-bond acceptors (Lipinski definition) is 4. The Morgan fingerprint density at radius 3 is 3.06 bits per heavy atom. The second-order valence-electron chi connectivity index (χ2n) is 3.70. The maximum Gasteiger partial charge on any atom is 0.196 e. The molecule has 0 saturated carbocycles. The van der Waals surface area contributed by atoms with Crippen molar-refractivity contribution in [2.45, 2.75) is 6.42 Å². The molecular formula is C13H16N2O2. The number of nitrogens with zero attached hydrogens (tertiary/aromatic N) is 1. The van der Waals surface area contributed by atoms with Gasteiger partial charge in [0.1, 0.15) is 5.75 Å². The van der Waals surface area contributed by atoms with Gasteiger partial charge in [-0.05, 0) is 19.2 Å². The number of benzene rings is 1. The molecule has 0 aliphatic heterocycles. The highest BCUT2D eigenvalue weighted by Crippen LogP contribution is 2.24. The topological polar surface area (TPSA) is 47.3 Å². The molecule has 0 unspecified atom stereocenters. The van der Waals surface area contributed by atoms with Crippen molar-refractivity contribution < 1.29 is 9.15 Å². The van der Waals surface area contributed by atoms with Gasteiger partial charge in [-0.3, -0.25) is 0 Å². The molecular weight excluding hydrogens is 216 g/mol. The number of oxazole rings is 1. The van der Waals surface area contributed by atoms with Crippen LogP contribution in [0.3, 0.4) is 0 Å². The van der Waals surface area contributed by atoms with Gasteiger partial charge in [-0.25, -0.2) is 4.98 Å². The number of likely N-dealkylation sites (N-methyl/N-ethyl adjacent to an activating group) is 1. The van der Waals surface area contributed by atoms with Crippen molar-refractivity contribution in [1.29, 1.82) is 0 Å². The van der Waals surface area contributed by atoms with Gasteiger partial charge in [-0.2, -0.15) is 0 Å². The number of methoxy groups -OCH3 is 1. The number of ether oxygens (including phenoxy) is 1. The van der Waals surface area contributed by atoms with E-state index in [1.165, 1.54) is 0 Å². The molecule has 90 valence electrons. The number of nitrogens with one attached hydrogen (secondary N) is 1. The first-order valence-corrected chi connectivity index (χ1v) is 5.57. The number of hydrogen-bond donors (Lipinski definition) is 1. The van der Waals surface area contributed by atoms with E-state index in [-0.39, 0.29) is 0 Å². The molecule has 4 nitrogen and oxygen atoms in total. The molecule has 0 amide bonds. The van der Waals surface area contributed by atoms with Crippen LogP contribution in [0.2, 0.25) is 0 Å². The molecule has 0 radical (unpaired) electrons. The number of aromatic nitrogens is 1. The minimum absolute atomic E-state index is 0.747. The molecule has 17 heavy (non-hydrogen) atoms. The van der Waals surface area contributed by atoms with Gasteiger partial charge in [0.25, 0.3) is 0 Å². The standard InChI is InChI=1S/C13H16N2O2/c1-14-7-6-13-15-9-12(17-13)10-4-3-5-11(8-10)16-2/h3-5,8-9,14H,6-7H2,1-2H3. The van der Waals surface area contributed by atoms with Crippen molar-refractivity contribution in [2.24, 2.45) is 0 Å². The fourth-order valence-corrected chi connectivity index (χ4v) is 1.57. The van der Waals surface area contributed by atoms with E-state index in [1.54, 1.807) is 13.3 Å². The first-order valence-electron chi connectivity index (χ1n) is 5.57. The fourth-order valence-electron chi connectivity index (χ4n) is 1.57. The summed E-state index contributed by atoms with van der Waals surface area (Å²) >= 11 is 0. The van der Waals surface area contributed by atoms with Crippen LogP contribution in [0.25, 0.3) is 11.3 Å². The second kappa shape index (κ2) is 5.50. The SMILES string of the molecule is CNCCc1ncc(-c2cccc(OC)c2)o1. The molecule has 0 aliphatic rings. The third kappa shape index (κ3) is 2.85. The monoisotopic (exact) mass is 232 g/mol. The predicted molar refractivity (Wildman–Crippen MR) is 66.1 cm³/mol. The van der Waals surface area contributed by atoms with Crippen molar-refractivity contribution in [3.63, 3.8) is 0 Å². The molecule has 0 atom stereocenters. The molecule has 2 aromatic rings. The summed E-state index contributed by atoms with van der Waals surface area (Å²) in [6.07, 6.45) is 2.54. The van der Waals surface area contributed by atoms with Gasteiger partial charge < -0.3 is 14.5 Å². The molecule has 4 heteroatoms. The van der Waals surface area contributed by atoms with Crippen LogP contribution >= 0.6 is 0 Å². The van der Waals surface area contributed by atoms with E-state index in [4.69, 9.17) is 9.15 Å². The molecule has 1 aromatic heterocycles. The third-order valence-corrected chi connectivity index (χ3v) is 2.50. The zero-order chi connectivity index (χ0) is 12.1. The first kappa shape index (κ1) is 11.7. The Kier molecular flexibility index (Phi) is 3.77. The molecule has 0 saturated heterocycles. The van der Waals surface area contributed by atoms with Gasteiger partial charge in [0.2, 0.25) is 0 Å². The van der Waals surface area contributed by atoms with Gasteiger partial charge in [0, 0.05) is 18.5 Å². The van der Waals surface area contributed by atoms with E-state index in [0.29, 0.717) is 0 Å². The maximum absolute atomic E-state index is 5.66. The Labute approximate surface area is 101 Å². The largest absolute Gasteiger partial charge is 0.497 e. The van der Waals surface area contributed by atoms with E-state index in [0.717, 1.165) is 35.9 Å². The lowest BCUT2D eigenvalue weighted by Gasteiger charge is -2.01. The zero-order valence-electron chi connectivity index (χ0n) is 10.1.